The lowest BCUT2D eigenvalue weighted by Gasteiger charge is -2.14. The molecule has 0 N–H and O–H groups in total. The summed E-state index contributed by atoms with van der Waals surface area (Å²) in [4.78, 5) is 0. The van der Waals surface area contributed by atoms with Gasteiger partial charge in [0.15, 0.2) is 11.5 Å². The smallest absolute Gasteiger partial charge is 0.162 e. The number of nitriles is 1. The van der Waals surface area contributed by atoms with Crippen molar-refractivity contribution in [2.45, 2.75) is 13.5 Å². The van der Waals surface area contributed by atoms with Crippen molar-refractivity contribution in [3.63, 3.8) is 0 Å². The monoisotopic (exact) mass is 485 g/mol. The predicted octanol–water partition coefficient (Wildman–Crippen LogP) is 7.28. The van der Waals surface area contributed by atoms with Crippen molar-refractivity contribution in [3.8, 4) is 17.6 Å². The van der Waals surface area contributed by atoms with Crippen LogP contribution in [-0.4, -0.2) is 6.61 Å². The molecule has 0 heterocycles. The van der Waals surface area contributed by atoms with E-state index in [1.54, 1.807) is 42.5 Å². The lowest BCUT2D eigenvalue weighted by Crippen LogP contribution is -2.00. The van der Waals surface area contributed by atoms with E-state index < -0.39 is 0 Å². The molecule has 0 aliphatic heterocycles. The van der Waals surface area contributed by atoms with Gasteiger partial charge in [-0.1, -0.05) is 51.8 Å². The van der Waals surface area contributed by atoms with Gasteiger partial charge in [0.2, 0.25) is 0 Å². The molecule has 30 heavy (non-hydrogen) atoms. The minimum atomic E-state index is -0.291. The van der Waals surface area contributed by atoms with Crippen LogP contribution in [0.3, 0.4) is 0 Å². The van der Waals surface area contributed by atoms with Crippen molar-refractivity contribution in [3.05, 3.63) is 92.7 Å². The zero-order valence-corrected chi connectivity index (χ0v) is 18.5. The van der Waals surface area contributed by atoms with Crippen LogP contribution in [0.25, 0.3) is 11.6 Å². The average Bonchev–Trinajstić information content (AvgIpc) is 2.74. The number of benzene rings is 3. The number of ether oxygens (including phenoxy) is 2. The fraction of sp³-hybridized carbons (Fsp3) is 0.125. The molecule has 152 valence electrons. The van der Waals surface area contributed by atoms with Crippen molar-refractivity contribution in [1.29, 1.82) is 5.26 Å². The first-order valence-corrected chi connectivity index (χ1v) is 10.4. The Morgan fingerprint density at radius 3 is 2.50 bits per heavy atom. The lowest BCUT2D eigenvalue weighted by atomic mass is 10.0. The van der Waals surface area contributed by atoms with Gasteiger partial charge in [-0.3, -0.25) is 0 Å². The molecule has 3 nitrogen and oxygen atoms in total. The summed E-state index contributed by atoms with van der Waals surface area (Å²) in [6.07, 6.45) is 1.77. The third kappa shape index (κ3) is 5.63. The molecule has 0 saturated carbocycles. The quantitative estimate of drug-likeness (QED) is 0.260. The Morgan fingerprint density at radius 2 is 1.83 bits per heavy atom. The van der Waals surface area contributed by atoms with E-state index in [4.69, 9.17) is 21.1 Å². The number of hydrogen-bond donors (Lipinski definition) is 0. The standard InChI is InChI=1S/C24H18BrClFNO2/c1-2-29-23-12-18(10-19(14-28)17-4-3-5-20(26)11-17)22(25)13-24(23)30-15-16-6-8-21(27)9-7-16/h3-13H,2,15H2,1H3/b19-10+. The van der Waals surface area contributed by atoms with Crippen LogP contribution in [0.2, 0.25) is 5.02 Å². The first-order chi connectivity index (χ1) is 14.5. The molecule has 6 heteroatoms. The molecule has 0 aliphatic carbocycles. The topological polar surface area (TPSA) is 42.2 Å². The first kappa shape index (κ1) is 21.9. The average molecular weight is 487 g/mol. The molecule has 0 bridgehead atoms. The summed E-state index contributed by atoms with van der Waals surface area (Å²) in [5.41, 5.74) is 2.81. The van der Waals surface area contributed by atoms with Gasteiger partial charge in [0.1, 0.15) is 12.4 Å². The molecular weight excluding hydrogens is 469 g/mol. The Bertz CT molecular complexity index is 1110. The zero-order chi connectivity index (χ0) is 21.5. The second-order valence-corrected chi connectivity index (χ2v) is 7.64. The molecule has 3 rings (SSSR count). The lowest BCUT2D eigenvalue weighted by molar-refractivity contribution is 0.269. The van der Waals surface area contributed by atoms with Gasteiger partial charge in [0, 0.05) is 9.50 Å². The second-order valence-electron chi connectivity index (χ2n) is 6.35. The highest BCUT2D eigenvalue weighted by molar-refractivity contribution is 9.10. The molecule has 0 unspecified atom stereocenters. The molecule has 0 aromatic heterocycles. The summed E-state index contributed by atoms with van der Waals surface area (Å²) >= 11 is 9.61. The van der Waals surface area contributed by atoms with E-state index in [-0.39, 0.29) is 12.4 Å². The Morgan fingerprint density at radius 1 is 1.10 bits per heavy atom. The summed E-state index contributed by atoms with van der Waals surface area (Å²) < 4.78 is 25.5. The summed E-state index contributed by atoms with van der Waals surface area (Å²) in [7, 11) is 0. The maximum Gasteiger partial charge on any atom is 0.162 e. The van der Waals surface area contributed by atoms with E-state index in [0.29, 0.717) is 28.7 Å². The molecule has 0 aliphatic rings. The Kier molecular flexibility index (Phi) is 7.51. The minimum Gasteiger partial charge on any atom is -0.490 e. The van der Waals surface area contributed by atoms with E-state index in [1.807, 2.05) is 19.1 Å². The normalized spacial score (nSPS) is 11.1. The fourth-order valence-corrected chi connectivity index (χ4v) is 3.40. The highest BCUT2D eigenvalue weighted by Crippen LogP contribution is 2.36. The van der Waals surface area contributed by atoms with Crippen molar-refractivity contribution < 1.29 is 13.9 Å². The third-order valence-electron chi connectivity index (χ3n) is 4.23. The predicted molar refractivity (Wildman–Crippen MR) is 121 cm³/mol. The van der Waals surface area contributed by atoms with E-state index >= 15 is 0 Å². The zero-order valence-electron chi connectivity index (χ0n) is 16.2. The summed E-state index contributed by atoms with van der Waals surface area (Å²) in [5.74, 6) is 0.810. The number of allylic oxidation sites excluding steroid dienone is 1. The van der Waals surface area contributed by atoms with Crippen molar-refractivity contribution in [2.24, 2.45) is 0 Å². The van der Waals surface area contributed by atoms with Crippen LogP contribution in [-0.2, 0) is 6.61 Å². The van der Waals surface area contributed by atoms with Crippen LogP contribution < -0.4 is 9.47 Å². The number of nitrogens with zero attached hydrogens (tertiary/aromatic N) is 1. The van der Waals surface area contributed by atoms with Gasteiger partial charge in [0.25, 0.3) is 0 Å². The van der Waals surface area contributed by atoms with Gasteiger partial charge < -0.3 is 9.47 Å². The Hall–Kier alpha value is -2.81. The summed E-state index contributed by atoms with van der Waals surface area (Å²) in [5, 5.41) is 10.2. The highest BCUT2D eigenvalue weighted by atomic mass is 79.9. The largest absolute Gasteiger partial charge is 0.490 e. The fourth-order valence-electron chi connectivity index (χ4n) is 2.78. The molecule has 3 aromatic rings. The minimum absolute atomic E-state index is 0.272. The molecule has 0 fully saturated rings. The highest BCUT2D eigenvalue weighted by Gasteiger charge is 2.12. The molecule has 0 radical (unpaired) electrons. The van der Waals surface area contributed by atoms with E-state index in [9.17, 15) is 9.65 Å². The third-order valence-corrected chi connectivity index (χ3v) is 5.15. The molecule has 3 aromatic carbocycles. The first-order valence-electron chi connectivity index (χ1n) is 9.21. The SMILES string of the molecule is CCOc1cc(/C=C(\C#N)c2cccc(Cl)c2)c(Br)cc1OCc1ccc(F)cc1. The maximum absolute atomic E-state index is 13.1. The van der Waals surface area contributed by atoms with Gasteiger partial charge in [-0.05, 0) is 66.1 Å². The van der Waals surface area contributed by atoms with Gasteiger partial charge in [-0.15, -0.1) is 0 Å². The molecule has 0 spiro atoms. The van der Waals surface area contributed by atoms with Crippen LogP contribution in [0.1, 0.15) is 23.6 Å². The van der Waals surface area contributed by atoms with Gasteiger partial charge in [-0.25, -0.2) is 4.39 Å². The van der Waals surface area contributed by atoms with Crippen LogP contribution >= 0.6 is 27.5 Å². The van der Waals surface area contributed by atoms with Gasteiger partial charge in [-0.2, -0.15) is 5.26 Å². The molecule has 0 amide bonds. The summed E-state index contributed by atoms with van der Waals surface area (Å²) in [6.45, 7) is 2.61. The number of halogens is 3. The van der Waals surface area contributed by atoms with Crippen LogP contribution in [0.5, 0.6) is 11.5 Å². The van der Waals surface area contributed by atoms with E-state index in [0.717, 1.165) is 21.2 Å². The van der Waals surface area contributed by atoms with E-state index in [2.05, 4.69) is 22.0 Å². The Balaban J connectivity index is 1.92. The maximum atomic E-state index is 13.1. The molecule has 0 saturated heterocycles. The summed E-state index contributed by atoms with van der Waals surface area (Å²) in [6, 6.07) is 19.1. The number of hydrogen-bond acceptors (Lipinski definition) is 3. The van der Waals surface area contributed by atoms with Gasteiger partial charge in [0.05, 0.1) is 18.2 Å². The van der Waals surface area contributed by atoms with Crippen LogP contribution in [0.4, 0.5) is 4.39 Å². The van der Waals surface area contributed by atoms with Crippen molar-refractivity contribution in [2.75, 3.05) is 6.61 Å². The number of rotatable bonds is 7. The van der Waals surface area contributed by atoms with Crippen LogP contribution in [0, 0.1) is 17.1 Å². The van der Waals surface area contributed by atoms with Crippen molar-refractivity contribution in [1.82, 2.24) is 0 Å². The Labute approximate surface area is 188 Å². The van der Waals surface area contributed by atoms with Gasteiger partial charge >= 0.3 is 0 Å². The molecule has 0 atom stereocenters. The molecular formula is C24H18BrClFNO2. The van der Waals surface area contributed by atoms with Crippen molar-refractivity contribution >= 4 is 39.2 Å². The second kappa shape index (κ2) is 10.3. The van der Waals surface area contributed by atoms with E-state index in [1.165, 1.54) is 12.1 Å². The van der Waals surface area contributed by atoms with Crippen LogP contribution in [0.15, 0.2) is 65.1 Å².